The predicted octanol–water partition coefficient (Wildman–Crippen LogP) is 5.27. The van der Waals surface area contributed by atoms with Crippen LogP contribution in [0.25, 0.3) is 24.3 Å². The van der Waals surface area contributed by atoms with Crippen molar-refractivity contribution in [2.75, 3.05) is 0 Å². The van der Waals surface area contributed by atoms with E-state index in [1.807, 2.05) is 85.0 Å². The zero-order valence-electron chi connectivity index (χ0n) is 14.0. The average Bonchev–Trinajstić information content (AvgIpc) is 2.66. The largest absolute Gasteiger partial charge is 0.295 e. The summed E-state index contributed by atoms with van der Waals surface area (Å²) in [5, 5.41) is 0. The standard InChI is InChI=1S/C22H18O3S/c23-26(24,25)22-17-20(12-11-18-7-3-1-4-8-18)14-16-21(22)15-13-19-9-5-2-6-10-19/h1-17H,(H,23,24,25). The third-order valence-corrected chi connectivity index (χ3v) is 4.75. The molecule has 26 heavy (non-hydrogen) atoms. The fourth-order valence-electron chi connectivity index (χ4n) is 2.52. The molecule has 3 aromatic carbocycles. The lowest BCUT2D eigenvalue weighted by atomic mass is 10.1. The Kier molecular flexibility index (Phi) is 5.46. The molecule has 0 fully saturated rings. The highest BCUT2D eigenvalue weighted by Crippen LogP contribution is 2.21. The lowest BCUT2D eigenvalue weighted by Crippen LogP contribution is -2.01. The molecule has 0 atom stereocenters. The minimum Gasteiger partial charge on any atom is -0.282 e. The van der Waals surface area contributed by atoms with Gasteiger partial charge in [-0.25, -0.2) is 0 Å². The van der Waals surface area contributed by atoms with Crippen molar-refractivity contribution in [3.05, 3.63) is 101 Å². The monoisotopic (exact) mass is 362 g/mol. The average molecular weight is 362 g/mol. The van der Waals surface area contributed by atoms with Gasteiger partial charge in [-0.1, -0.05) is 97.1 Å². The Morgan fingerprint density at radius 3 is 1.65 bits per heavy atom. The molecule has 130 valence electrons. The molecule has 0 amide bonds. The number of hydrogen-bond acceptors (Lipinski definition) is 2. The molecule has 0 saturated heterocycles. The summed E-state index contributed by atoms with van der Waals surface area (Å²) < 4.78 is 33.2. The highest BCUT2D eigenvalue weighted by molar-refractivity contribution is 7.86. The molecule has 3 rings (SSSR count). The highest BCUT2D eigenvalue weighted by Gasteiger charge is 2.14. The van der Waals surface area contributed by atoms with Crippen LogP contribution in [0, 0.1) is 0 Å². The van der Waals surface area contributed by atoms with Gasteiger partial charge in [-0.05, 0) is 28.3 Å². The van der Waals surface area contributed by atoms with Gasteiger partial charge in [0.25, 0.3) is 10.1 Å². The molecule has 4 heteroatoms. The van der Waals surface area contributed by atoms with Gasteiger partial charge in [0, 0.05) is 0 Å². The van der Waals surface area contributed by atoms with Gasteiger partial charge in [0.15, 0.2) is 0 Å². The van der Waals surface area contributed by atoms with Crippen LogP contribution in [0.1, 0.15) is 22.3 Å². The predicted molar refractivity (Wildman–Crippen MR) is 107 cm³/mol. The lowest BCUT2D eigenvalue weighted by Gasteiger charge is -2.05. The Labute approximate surface area is 153 Å². The van der Waals surface area contributed by atoms with Gasteiger partial charge in [-0.2, -0.15) is 8.42 Å². The fourth-order valence-corrected chi connectivity index (χ4v) is 3.24. The maximum absolute atomic E-state index is 11.8. The molecule has 0 radical (unpaired) electrons. The van der Waals surface area contributed by atoms with Crippen molar-refractivity contribution in [2.24, 2.45) is 0 Å². The molecule has 1 N–H and O–H groups in total. The second-order valence-corrected chi connectivity index (χ2v) is 7.15. The van der Waals surface area contributed by atoms with E-state index in [0.717, 1.165) is 11.1 Å². The Morgan fingerprint density at radius 1 is 0.615 bits per heavy atom. The second kappa shape index (κ2) is 7.95. The zero-order valence-corrected chi connectivity index (χ0v) is 14.8. The van der Waals surface area contributed by atoms with Crippen molar-refractivity contribution in [3.8, 4) is 0 Å². The first-order chi connectivity index (χ1) is 12.5. The van der Waals surface area contributed by atoms with Crippen LogP contribution < -0.4 is 0 Å². The topological polar surface area (TPSA) is 54.4 Å². The lowest BCUT2D eigenvalue weighted by molar-refractivity contribution is 0.483. The molecule has 0 aliphatic heterocycles. The maximum atomic E-state index is 11.8. The van der Waals surface area contributed by atoms with E-state index >= 15 is 0 Å². The second-order valence-electron chi connectivity index (χ2n) is 5.76. The quantitative estimate of drug-likeness (QED) is 0.497. The van der Waals surface area contributed by atoms with Crippen LogP contribution in [-0.2, 0) is 10.1 Å². The van der Waals surface area contributed by atoms with E-state index in [0.29, 0.717) is 11.1 Å². The van der Waals surface area contributed by atoms with E-state index in [9.17, 15) is 13.0 Å². The van der Waals surface area contributed by atoms with Gasteiger partial charge >= 0.3 is 0 Å². The van der Waals surface area contributed by atoms with Crippen LogP contribution in [0.2, 0.25) is 0 Å². The van der Waals surface area contributed by atoms with E-state index in [2.05, 4.69) is 0 Å². The van der Waals surface area contributed by atoms with Crippen LogP contribution in [0.15, 0.2) is 83.8 Å². The summed E-state index contributed by atoms with van der Waals surface area (Å²) >= 11 is 0. The summed E-state index contributed by atoms with van der Waals surface area (Å²) in [6, 6.07) is 24.2. The normalized spacial score (nSPS) is 12.0. The molecule has 0 aromatic heterocycles. The number of hydrogen-bond donors (Lipinski definition) is 1. The van der Waals surface area contributed by atoms with Crippen molar-refractivity contribution in [3.63, 3.8) is 0 Å². The van der Waals surface area contributed by atoms with Crippen molar-refractivity contribution in [1.29, 1.82) is 0 Å². The molecule has 0 spiro atoms. The first-order valence-electron chi connectivity index (χ1n) is 8.10. The highest BCUT2D eigenvalue weighted by atomic mass is 32.2. The molecule has 0 unspecified atom stereocenters. The minimum atomic E-state index is -4.33. The van der Waals surface area contributed by atoms with Gasteiger partial charge in [0.1, 0.15) is 4.90 Å². The minimum absolute atomic E-state index is 0.111. The summed E-state index contributed by atoms with van der Waals surface area (Å²) in [6.45, 7) is 0. The van der Waals surface area contributed by atoms with Crippen molar-refractivity contribution >= 4 is 34.4 Å². The van der Waals surface area contributed by atoms with E-state index in [-0.39, 0.29) is 4.90 Å². The molecular formula is C22H18O3S. The first-order valence-corrected chi connectivity index (χ1v) is 9.54. The fraction of sp³-hybridized carbons (Fsp3) is 0. The number of benzene rings is 3. The van der Waals surface area contributed by atoms with Gasteiger partial charge in [0.05, 0.1) is 0 Å². The van der Waals surface area contributed by atoms with Crippen LogP contribution >= 0.6 is 0 Å². The Balaban J connectivity index is 1.94. The van der Waals surface area contributed by atoms with E-state index < -0.39 is 10.1 Å². The molecule has 0 aliphatic rings. The maximum Gasteiger partial charge on any atom is 0.295 e. The summed E-state index contributed by atoms with van der Waals surface area (Å²) in [4.78, 5) is -0.111. The van der Waals surface area contributed by atoms with Crippen LogP contribution in [0.3, 0.4) is 0 Å². The molecule has 0 bridgehead atoms. The molecule has 0 heterocycles. The smallest absolute Gasteiger partial charge is 0.282 e. The number of rotatable bonds is 5. The Hall–Kier alpha value is -2.95. The van der Waals surface area contributed by atoms with Gasteiger partial charge in [0.2, 0.25) is 0 Å². The van der Waals surface area contributed by atoms with Crippen LogP contribution in [0.5, 0.6) is 0 Å². The molecule has 3 nitrogen and oxygen atoms in total. The third-order valence-electron chi connectivity index (χ3n) is 3.84. The van der Waals surface area contributed by atoms with Gasteiger partial charge in [-0.15, -0.1) is 0 Å². The van der Waals surface area contributed by atoms with E-state index in [1.54, 1.807) is 12.1 Å². The SMILES string of the molecule is O=S(=O)(O)c1cc(C=Cc2ccccc2)ccc1C=Cc1ccccc1. The molecule has 3 aromatic rings. The Morgan fingerprint density at radius 2 is 1.12 bits per heavy atom. The Bertz CT molecular complexity index is 1040. The van der Waals surface area contributed by atoms with Crippen LogP contribution in [0.4, 0.5) is 0 Å². The molecule has 0 aliphatic carbocycles. The van der Waals surface area contributed by atoms with Gasteiger partial charge in [-0.3, -0.25) is 4.55 Å². The first kappa shape index (κ1) is 17.9. The summed E-state index contributed by atoms with van der Waals surface area (Å²) in [5.74, 6) is 0. The third kappa shape index (κ3) is 4.79. The summed E-state index contributed by atoms with van der Waals surface area (Å²) in [7, 11) is -4.33. The van der Waals surface area contributed by atoms with Crippen LogP contribution in [-0.4, -0.2) is 13.0 Å². The summed E-state index contributed by atoms with van der Waals surface area (Å²) in [5.41, 5.74) is 3.09. The zero-order chi connectivity index (χ0) is 18.4. The molecular weight excluding hydrogens is 344 g/mol. The summed E-state index contributed by atoms with van der Waals surface area (Å²) in [6.07, 6.45) is 7.20. The molecule has 0 saturated carbocycles. The van der Waals surface area contributed by atoms with Gasteiger partial charge < -0.3 is 0 Å². The van der Waals surface area contributed by atoms with Crippen molar-refractivity contribution in [2.45, 2.75) is 4.90 Å². The van der Waals surface area contributed by atoms with Crippen molar-refractivity contribution in [1.82, 2.24) is 0 Å². The van der Waals surface area contributed by atoms with E-state index in [1.165, 1.54) is 6.07 Å². The van der Waals surface area contributed by atoms with Crippen molar-refractivity contribution < 1.29 is 13.0 Å². The van der Waals surface area contributed by atoms with E-state index in [4.69, 9.17) is 0 Å².